The number of nitrogens with zero attached hydrogens (tertiary/aromatic N) is 1. The molecule has 0 aliphatic carbocycles. The van der Waals surface area contributed by atoms with Crippen LogP contribution >= 0.6 is 0 Å². The maximum atomic E-state index is 12.3. The van der Waals surface area contributed by atoms with E-state index in [-0.39, 0.29) is 25.3 Å². The summed E-state index contributed by atoms with van der Waals surface area (Å²) in [5.74, 6) is -1.09. The van der Waals surface area contributed by atoms with E-state index in [1.807, 2.05) is 31.2 Å². The van der Waals surface area contributed by atoms with Crippen LogP contribution in [0.5, 0.6) is 0 Å². The van der Waals surface area contributed by atoms with Crippen LogP contribution in [0.2, 0.25) is 0 Å². The van der Waals surface area contributed by atoms with Gasteiger partial charge in [-0.15, -0.1) is 0 Å². The van der Waals surface area contributed by atoms with Crippen molar-refractivity contribution in [3.8, 4) is 0 Å². The standard InChI is InChI=1S/C15H22N2O3/c1-11-4-6-12(7-5-11)17(9-8-14(19)20)13(18)10-15(2,3)16/h4-7H,8-10,16H2,1-3H3,(H,19,20). The van der Waals surface area contributed by atoms with E-state index in [1.54, 1.807) is 13.8 Å². The molecule has 1 rings (SSSR count). The molecule has 1 amide bonds. The van der Waals surface area contributed by atoms with Crippen molar-refractivity contribution in [2.75, 3.05) is 11.4 Å². The van der Waals surface area contributed by atoms with Gasteiger partial charge < -0.3 is 15.7 Å². The maximum Gasteiger partial charge on any atom is 0.305 e. The van der Waals surface area contributed by atoms with Gasteiger partial charge in [-0.2, -0.15) is 0 Å². The van der Waals surface area contributed by atoms with Crippen LogP contribution in [0.25, 0.3) is 0 Å². The third-order valence-electron chi connectivity index (χ3n) is 2.80. The average Bonchev–Trinajstić information content (AvgIpc) is 2.29. The Labute approximate surface area is 119 Å². The number of benzene rings is 1. The van der Waals surface area contributed by atoms with E-state index in [1.165, 1.54) is 4.90 Å². The van der Waals surface area contributed by atoms with Gasteiger partial charge in [-0.1, -0.05) is 17.7 Å². The minimum Gasteiger partial charge on any atom is -0.481 e. The summed E-state index contributed by atoms with van der Waals surface area (Å²) in [6.45, 7) is 5.65. The number of amides is 1. The second-order valence-corrected chi connectivity index (χ2v) is 5.69. The zero-order chi connectivity index (χ0) is 15.3. The molecule has 0 radical (unpaired) electrons. The van der Waals surface area contributed by atoms with Gasteiger partial charge in [-0.05, 0) is 32.9 Å². The molecule has 0 unspecified atom stereocenters. The number of hydrogen-bond donors (Lipinski definition) is 2. The van der Waals surface area contributed by atoms with Gasteiger partial charge in [0.2, 0.25) is 5.91 Å². The quantitative estimate of drug-likeness (QED) is 0.832. The highest BCUT2D eigenvalue weighted by molar-refractivity contribution is 5.94. The van der Waals surface area contributed by atoms with Gasteiger partial charge in [0.15, 0.2) is 0 Å². The molecule has 0 atom stereocenters. The molecule has 1 aromatic rings. The fraction of sp³-hybridized carbons (Fsp3) is 0.467. The van der Waals surface area contributed by atoms with Crippen molar-refractivity contribution >= 4 is 17.6 Å². The summed E-state index contributed by atoms with van der Waals surface area (Å²) in [4.78, 5) is 24.5. The minimum absolute atomic E-state index is 0.0926. The second-order valence-electron chi connectivity index (χ2n) is 5.69. The number of carboxylic acids is 1. The summed E-state index contributed by atoms with van der Waals surface area (Å²) in [7, 11) is 0. The van der Waals surface area contributed by atoms with Crippen LogP contribution in [-0.2, 0) is 9.59 Å². The van der Waals surface area contributed by atoms with Crippen LogP contribution in [0.15, 0.2) is 24.3 Å². The zero-order valence-corrected chi connectivity index (χ0v) is 12.2. The molecule has 5 heteroatoms. The summed E-state index contributed by atoms with van der Waals surface area (Å²) in [6, 6.07) is 7.42. The molecule has 0 saturated heterocycles. The molecule has 3 N–H and O–H groups in total. The Morgan fingerprint density at radius 1 is 1.25 bits per heavy atom. The predicted octanol–water partition coefficient (Wildman–Crippen LogP) is 1.93. The van der Waals surface area contributed by atoms with E-state index in [4.69, 9.17) is 10.8 Å². The Balaban J connectivity index is 2.92. The molecule has 0 aromatic heterocycles. The number of rotatable bonds is 6. The van der Waals surface area contributed by atoms with Crippen molar-refractivity contribution < 1.29 is 14.7 Å². The third kappa shape index (κ3) is 5.40. The average molecular weight is 278 g/mol. The minimum atomic E-state index is -0.929. The lowest BCUT2D eigenvalue weighted by molar-refractivity contribution is -0.136. The first kappa shape index (κ1) is 16.2. The summed E-state index contributed by atoms with van der Waals surface area (Å²) >= 11 is 0. The highest BCUT2D eigenvalue weighted by Gasteiger charge is 2.23. The first-order chi connectivity index (χ1) is 9.19. The van der Waals surface area contributed by atoms with Gasteiger partial charge in [0.1, 0.15) is 0 Å². The number of nitrogens with two attached hydrogens (primary N) is 1. The topological polar surface area (TPSA) is 83.6 Å². The molecule has 0 heterocycles. The van der Waals surface area contributed by atoms with Crippen molar-refractivity contribution in [2.24, 2.45) is 5.73 Å². The Hall–Kier alpha value is -1.88. The Morgan fingerprint density at radius 3 is 2.25 bits per heavy atom. The van der Waals surface area contributed by atoms with Gasteiger partial charge >= 0.3 is 5.97 Å². The van der Waals surface area contributed by atoms with E-state index in [2.05, 4.69) is 0 Å². The summed E-state index contributed by atoms with van der Waals surface area (Å²) in [5, 5.41) is 8.81. The van der Waals surface area contributed by atoms with Crippen molar-refractivity contribution in [1.82, 2.24) is 0 Å². The molecule has 0 spiro atoms. The number of aryl methyl sites for hydroxylation is 1. The Bertz CT molecular complexity index is 475. The summed E-state index contributed by atoms with van der Waals surface area (Å²) in [6.07, 6.45) is 0.0745. The molecule has 0 aliphatic heterocycles. The highest BCUT2D eigenvalue weighted by Crippen LogP contribution is 2.18. The number of anilines is 1. The molecule has 0 saturated carbocycles. The molecule has 0 aliphatic rings. The number of hydrogen-bond acceptors (Lipinski definition) is 3. The summed E-state index contributed by atoms with van der Waals surface area (Å²) in [5.41, 5.74) is 7.03. The molecule has 5 nitrogen and oxygen atoms in total. The second kappa shape index (κ2) is 6.52. The fourth-order valence-electron chi connectivity index (χ4n) is 1.82. The van der Waals surface area contributed by atoms with Crippen LogP contribution in [0.4, 0.5) is 5.69 Å². The monoisotopic (exact) mass is 278 g/mol. The van der Waals surface area contributed by atoms with Gasteiger partial charge in [-0.25, -0.2) is 0 Å². The Kier molecular flexibility index (Phi) is 5.27. The van der Waals surface area contributed by atoms with Gasteiger partial charge in [0.25, 0.3) is 0 Å². The normalized spacial score (nSPS) is 11.2. The van der Waals surface area contributed by atoms with E-state index in [0.717, 1.165) is 5.56 Å². The molecule has 0 bridgehead atoms. The van der Waals surface area contributed by atoms with Crippen LogP contribution in [0.3, 0.4) is 0 Å². The van der Waals surface area contributed by atoms with Crippen molar-refractivity contribution in [3.05, 3.63) is 29.8 Å². The third-order valence-corrected chi connectivity index (χ3v) is 2.80. The van der Waals surface area contributed by atoms with Crippen LogP contribution in [0.1, 0.15) is 32.3 Å². The van der Waals surface area contributed by atoms with Gasteiger partial charge in [-0.3, -0.25) is 9.59 Å². The first-order valence-electron chi connectivity index (χ1n) is 6.57. The number of carbonyl (C=O) groups is 2. The number of carboxylic acid groups (broad SMARTS) is 1. The zero-order valence-electron chi connectivity index (χ0n) is 12.2. The first-order valence-corrected chi connectivity index (χ1v) is 6.57. The molecule has 110 valence electrons. The van der Waals surface area contributed by atoms with Crippen LogP contribution < -0.4 is 10.6 Å². The lowest BCUT2D eigenvalue weighted by Gasteiger charge is -2.26. The summed E-state index contributed by atoms with van der Waals surface area (Å²) < 4.78 is 0. The van der Waals surface area contributed by atoms with Crippen molar-refractivity contribution in [1.29, 1.82) is 0 Å². The molecule has 20 heavy (non-hydrogen) atoms. The van der Waals surface area contributed by atoms with E-state index < -0.39 is 11.5 Å². The molecular formula is C15H22N2O3. The van der Waals surface area contributed by atoms with E-state index >= 15 is 0 Å². The van der Waals surface area contributed by atoms with Crippen molar-refractivity contribution in [2.45, 2.75) is 39.2 Å². The lowest BCUT2D eigenvalue weighted by Crippen LogP contribution is -2.42. The Morgan fingerprint density at radius 2 is 1.80 bits per heavy atom. The van der Waals surface area contributed by atoms with Gasteiger partial charge in [0, 0.05) is 24.2 Å². The van der Waals surface area contributed by atoms with Crippen LogP contribution in [-0.4, -0.2) is 29.1 Å². The molecule has 0 fully saturated rings. The largest absolute Gasteiger partial charge is 0.481 e. The van der Waals surface area contributed by atoms with Crippen molar-refractivity contribution in [3.63, 3.8) is 0 Å². The number of aliphatic carboxylic acids is 1. The van der Waals surface area contributed by atoms with Gasteiger partial charge in [0.05, 0.1) is 6.42 Å². The fourth-order valence-corrected chi connectivity index (χ4v) is 1.82. The predicted molar refractivity (Wildman–Crippen MR) is 78.7 cm³/mol. The number of carbonyl (C=O) groups excluding carboxylic acids is 1. The lowest BCUT2D eigenvalue weighted by atomic mass is 10.0. The van der Waals surface area contributed by atoms with E-state index in [9.17, 15) is 9.59 Å². The van der Waals surface area contributed by atoms with Crippen LogP contribution in [0, 0.1) is 6.92 Å². The smallest absolute Gasteiger partial charge is 0.305 e. The highest BCUT2D eigenvalue weighted by atomic mass is 16.4. The molecule has 1 aromatic carbocycles. The van der Waals surface area contributed by atoms with E-state index in [0.29, 0.717) is 5.69 Å². The SMILES string of the molecule is Cc1ccc(N(CCC(=O)O)C(=O)CC(C)(C)N)cc1. The maximum absolute atomic E-state index is 12.3. The molecular weight excluding hydrogens is 256 g/mol.